The summed E-state index contributed by atoms with van der Waals surface area (Å²) in [5, 5.41) is 2.83. The number of nitrogens with one attached hydrogen (secondary N) is 1. The van der Waals surface area contributed by atoms with Gasteiger partial charge in [-0.15, -0.1) is 0 Å². The highest BCUT2D eigenvalue weighted by Crippen LogP contribution is 2.29. The van der Waals surface area contributed by atoms with Crippen molar-refractivity contribution in [3.8, 4) is 23.0 Å². The Hall–Kier alpha value is -3.54. The maximum atomic E-state index is 12.6. The first-order chi connectivity index (χ1) is 12.7. The zero-order valence-corrected chi connectivity index (χ0v) is 14.4. The molecule has 0 saturated carbocycles. The van der Waals surface area contributed by atoms with E-state index in [1.54, 1.807) is 60.9 Å². The first kappa shape index (κ1) is 17.3. The smallest absolute Gasteiger partial charge is 0.263 e. The minimum atomic E-state index is -0.319. The molecule has 1 N–H and O–H groups in total. The summed E-state index contributed by atoms with van der Waals surface area (Å²) in [6, 6.07) is 15.8. The van der Waals surface area contributed by atoms with Crippen molar-refractivity contribution in [1.29, 1.82) is 0 Å². The molecule has 0 atom stereocenters. The Morgan fingerprint density at radius 1 is 0.885 bits per heavy atom. The van der Waals surface area contributed by atoms with Gasteiger partial charge in [0.25, 0.3) is 5.91 Å². The first-order valence-electron chi connectivity index (χ1n) is 7.91. The highest BCUT2D eigenvalue weighted by atomic mass is 16.5. The van der Waals surface area contributed by atoms with Crippen LogP contribution in [-0.4, -0.2) is 25.1 Å². The summed E-state index contributed by atoms with van der Waals surface area (Å²) in [5.74, 6) is 1.85. The summed E-state index contributed by atoms with van der Waals surface area (Å²) in [6.45, 7) is 0. The van der Waals surface area contributed by atoms with Gasteiger partial charge in [0.05, 0.1) is 20.4 Å². The zero-order chi connectivity index (χ0) is 18.4. The normalized spacial score (nSPS) is 10.1. The second-order valence-corrected chi connectivity index (χ2v) is 5.31. The lowest BCUT2D eigenvalue weighted by atomic mass is 10.1. The SMILES string of the molecule is COc1cccc(OC)c1C(=O)Nc1ccc(Oc2cccnc2)cc1. The van der Waals surface area contributed by atoms with E-state index in [9.17, 15) is 4.79 Å². The Morgan fingerprint density at radius 3 is 2.15 bits per heavy atom. The largest absolute Gasteiger partial charge is 0.496 e. The van der Waals surface area contributed by atoms with Crippen LogP contribution in [0.1, 0.15) is 10.4 Å². The molecule has 2 aromatic carbocycles. The molecule has 3 aromatic rings. The van der Waals surface area contributed by atoms with E-state index in [4.69, 9.17) is 14.2 Å². The molecule has 0 aliphatic rings. The fourth-order valence-electron chi connectivity index (χ4n) is 2.42. The van der Waals surface area contributed by atoms with E-state index in [0.29, 0.717) is 34.2 Å². The topological polar surface area (TPSA) is 69.7 Å². The van der Waals surface area contributed by atoms with Gasteiger partial charge in [0, 0.05) is 11.9 Å². The summed E-state index contributed by atoms with van der Waals surface area (Å²) in [7, 11) is 3.02. The van der Waals surface area contributed by atoms with Crippen molar-refractivity contribution in [1.82, 2.24) is 4.98 Å². The number of nitrogens with zero attached hydrogens (tertiary/aromatic N) is 1. The van der Waals surface area contributed by atoms with Crippen LogP contribution in [-0.2, 0) is 0 Å². The minimum Gasteiger partial charge on any atom is -0.496 e. The van der Waals surface area contributed by atoms with Crippen molar-refractivity contribution < 1.29 is 19.0 Å². The molecule has 0 fully saturated rings. The Labute approximate surface area is 151 Å². The Morgan fingerprint density at radius 2 is 1.58 bits per heavy atom. The third-order valence-electron chi connectivity index (χ3n) is 3.64. The molecule has 3 rings (SSSR count). The highest BCUT2D eigenvalue weighted by Gasteiger charge is 2.18. The van der Waals surface area contributed by atoms with Gasteiger partial charge in [0.2, 0.25) is 0 Å². The van der Waals surface area contributed by atoms with Crippen molar-refractivity contribution in [3.63, 3.8) is 0 Å². The quantitative estimate of drug-likeness (QED) is 0.723. The summed E-state index contributed by atoms with van der Waals surface area (Å²) in [4.78, 5) is 16.6. The highest BCUT2D eigenvalue weighted by molar-refractivity contribution is 6.08. The van der Waals surface area contributed by atoms with E-state index in [0.717, 1.165) is 0 Å². The van der Waals surface area contributed by atoms with Gasteiger partial charge in [0.15, 0.2) is 0 Å². The van der Waals surface area contributed by atoms with Crippen molar-refractivity contribution >= 4 is 11.6 Å². The predicted octanol–water partition coefficient (Wildman–Crippen LogP) is 4.14. The predicted molar refractivity (Wildman–Crippen MR) is 98.3 cm³/mol. The summed E-state index contributed by atoms with van der Waals surface area (Å²) >= 11 is 0. The average Bonchev–Trinajstić information content (AvgIpc) is 2.69. The molecule has 0 unspecified atom stereocenters. The van der Waals surface area contributed by atoms with Crippen molar-refractivity contribution in [3.05, 3.63) is 72.6 Å². The maximum absolute atomic E-state index is 12.6. The van der Waals surface area contributed by atoms with Gasteiger partial charge in [-0.25, -0.2) is 0 Å². The number of ether oxygens (including phenoxy) is 3. The van der Waals surface area contributed by atoms with Crippen LogP contribution in [0.2, 0.25) is 0 Å². The lowest BCUT2D eigenvalue weighted by Gasteiger charge is -2.13. The molecule has 1 amide bonds. The molecule has 26 heavy (non-hydrogen) atoms. The van der Waals surface area contributed by atoms with Crippen LogP contribution in [0.3, 0.4) is 0 Å². The third-order valence-corrected chi connectivity index (χ3v) is 3.64. The van der Waals surface area contributed by atoms with Crippen LogP contribution in [0, 0.1) is 0 Å². The van der Waals surface area contributed by atoms with E-state index in [1.807, 2.05) is 6.07 Å². The van der Waals surface area contributed by atoms with E-state index in [-0.39, 0.29) is 5.91 Å². The second-order valence-electron chi connectivity index (χ2n) is 5.31. The number of pyridine rings is 1. The summed E-state index contributed by atoms with van der Waals surface area (Å²) < 4.78 is 16.2. The fraction of sp³-hybridized carbons (Fsp3) is 0.100. The molecule has 6 heteroatoms. The number of methoxy groups -OCH3 is 2. The van der Waals surface area contributed by atoms with Crippen molar-refractivity contribution in [2.24, 2.45) is 0 Å². The Bertz CT molecular complexity index is 858. The molecule has 0 aliphatic heterocycles. The van der Waals surface area contributed by atoms with Gasteiger partial charge >= 0.3 is 0 Å². The van der Waals surface area contributed by atoms with Crippen LogP contribution < -0.4 is 19.5 Å². The standard InChI is InChI=1S/C20H18N2O4/c1-24-17-6-3-7-18(25-2)19(17)20(23)22-14-8-10-15(11-9-14)26-16-5-4-12-21-13-16/h3-13H,1-2H3,(H,22,23). The molecule has 0 radical (unpaired) electrons. The second kappa shape index (κ2) is 8.02. The van der Waals surface area contributed by atoms with Crippen LogP contribution in [0.5, 0.6) is 23.0 Å². The molecule has 0 bridgehead atoms. The Kier molecular flexibility index (Phi) is 5.34. The van der Waals surface area contributed by atoms with Crippen molar-refractivity contribution in [2.45, 2.75) is 0 Å². The van der Waals surface area contributed by atoms with Crippen LogP contribution in [0.25, 0.3) is 0 Å². The van der Waals surface area contributed by atoms with Crippen LogP contribution in [0.15, 0.2) is 67.0 Å². The van der Waals surface area contributed by atoms with E-state index in [2.05, 4.69) is 10.3 Å². The molecule has 0 saturated heterocycles. The van der Waals surface area contributed by atoms with Gasteiger partial charge < -0.3 is 19.5 Å². The lowest BCUT2D eigenvalue weighted by molar-refractivity contribution is 0.102. The minimum absolute atomic E-state index is 0.319. The maximum Gasteiger partial charge on any atom is 0.263 e. The fourth-order valence-corrected chi connectivity index (χ4v) is 2.42. The summed E-state index contributed by atoms with van der Waals surface area (Å²) in [6.07, 6.45) is 3.31. The molecule has 1 aromatic heterocycles. The third kappa shape index (κ3) is 3.92. The molecule has 0 aliphatic carbocycles. The number of carbonyl (C=O) groups is 1. The van der Waals surface area contributed by atoms with Crippen LogP contribution in [0.4, 0.5) is 5.69 Å². The molecular weight excluding hydrogens is 332 g/mol. The van der Waals surface area contributed by atoms with E-state index in [1.165, 1.54) is 14.2 Å². The van der Waals surface area contributed by atoms with E-state index < -0.39 is 0 Å². The van der Waals surface area contributed by atoms with Gasteiger partial charge in [0.1, 0.15) is 28.6 Å². The van der Waals surface area contributed by atoms with Gasteiger partial charge in [-0.1, -0.05) is 6.07 Å². The molecule has 6 nitrogen and oxygen atoms in total. The Balaban J connectivity index is 1.74. The number of amides is 1. The van der Waals surface area contributed by atoms with Crippen molar-refractivity contribution in [2.75, 3.05) is 19.5 Å². The van der Waals surface area contributed by atoms with Gasteiger partial charge in [-0.3, -0.25) is 9.78 Å². The summed E-state index contributed by atoms with van der Waals surface area (Å²) in [5.41, 5.74) is 0.967. The zero-order valence-electron chi connectivity index (χ0n) is 14.4. The lowest BCUT2D eigenvalue weighted by Crippen LogP contribution is -2.14. The molecule has 0 spiro atoms. The average molecular weight is 350 g/mol. The molecular formula is C20H18N2O4. The van der Waals surface area contributed by atoms with Gasteiger partial charge in [-0.2, -0.15) is 0 Å². The van der Waals surface area contributed by atoms with Crippen LogP contribution >= 0.6 is 0 Å². The number of rotatable bonds is 6. The van der Waals surface area contributed by atoms with E-state index >= 15 is 0 Å². The first-order valence-corrected chi connectivity index (χ1v) is 7.91. The number of anilines is 1. The number of benzene rings is 2. The number of aromatic nitrogens is 1. The van der Waals surface area contributed by atoms with Gasteiger partial charge in [-0.05, 0) is 48.5 Å². The number of carbonyl (C=O) groups excluding carboxylic acids is 1. The number of hydrogen-bond acceptors (Lipinski definition) is 5. The molecule has 1 heterocycles. The number of hydrogen-bond donors (Lipinski definition) is 1. The molecule has 132 valence electrons. The monoisotopic (exact) mass is 350 g/mol.